The van der Waals surface area contributed by atoms with E-state index in [1.807, 2.05) is 0 Å². The van der Waals surface area contributed by atoms with Gasteiger partial charge in [-0.2, -0.15) is 0 Å². The Bertz CT molecular complexity index is 501. The summed E-state index contributed by atoms with van der Waals surface area (Å²) in [5.41, 5.74) is 5.49. The quantitative estimate of drug-likeness (QED) is 0.686. The van der Waals surface area contributed by atoms with Crippen LogP contribution < -0.4 is 10.5 Å². The maximum Gasteiger partial charge on any atom is 0.240 e. The van der Waals surface area contributed by atoms with Crippen LogP contribution in [0.15, 0.2) is 23.2 Å². The van der Waals surface area contributed by atoms with Crippen molar-refractivity contribution in [3.05, 3.63) is 18.3 Å². The molecule has 1 heterocycles. The molecule has 1 aromatic rings. The van der Waals surface area contributed by atoms with Crippen molar-refractivity contribution in [2.24, 2.45) is 5.92 Å². The average molecular weight is 299 g/mol. The Labute approximate surface area is 122 Å². The molecule has 0 aromatic carbocycles. The summed E-state index contributed by atoms with van der Waals surface area (Å²) in [6.45, 7) is 4.90. The Morgan fingerprint density at radius 1 is 1.25 bits per heavy atom. The van der Waals surface area contributed by atoms with Crippen LogP contribution in [0, 0.1) is 5.92 Å². The Balaban J connectivity index is 2.27. The van der Waals surface area contributed by atoms with Gasteiger partial charge in [0, 0.05) is 18.8 Å². The summed E-state index contributed by atoms with van der Waals surface area (Å²) >= 11 is 0. The lowest BCUT2D eigenvalue weighted by Gasteiger charge is -2.07. The van der Waals surface area contributed by atoms with Crippen molar-refractivity contribution >= 4 is 15.8 Å². The summed E-state index contributed by atoms with van der Waals surface area (Å²) in [4.78, 5) is 3.95. The van der Waals surface area contributed by atoms with E-state index in [2.05, 4.69) is 23.6 Å². The molecule has 20 heavy (non-hydrogen) atoms. The second kappa shape index (κ2) is 8.21. The maximum absolute atomic E-state index is 12.0. The highest BCUT2D eigenvalue weighted by Gasteiger charge is 2.13. The number of hydrogen-bond donors (Lipinski definition) is 2. The van der Waals surface area contributed by atoms with E-state index in [9.17, 15) is 8.42 Å². The maximum atomic E-state index is 12.0. The summed E-state index contributed by atoms with van der Waals surface area (Å²) in [7, 11) is -3.46. The minimum Gasteiger partial charge on any atom is -0.384 e. The third kappa shape index (κ3) is 6.34. The number of nitrogen functional groups attached to an aromatic ring is 1. The molecule has 0 saturated carbocycles. The number of nitrogens with one attached hydrogen (secondary N) is 1. The number of aromatic nitrogens is 1. The molecule has 0 aliphatic carbocycles. The highest BCUT2D eigenvalue weighted by atomic mass is 32.2. The zero-order chi connectivity index (χ0) is 15.0. The Kier molecular flexibility index (Phi) is 6.95. The van der Waals surface area contributed by atoms with Gasteiger partial charge in [0.15, 0.2) is 0 Å². The SMILES string of the molecule is CC(C)CCCCCCNS(=O)(=O)c1ccnc(N)c1. The van der Waals surface area contributed by atoms with Crippen molar-refractivity contribution in [3.63, 3.8) is 0 Å². The zero-order valence-corrected chi connectivity index (χ0v) is 13.1. The van der Waals surface area contributed by atoms with E-state index >= 15 is 0 Å². The molecule has 0 aliphatic heterocycles. The third-order valence-corrected chi connectivity index (χ3v) is 4.52. The normalized spacial score (nSPS) is 11.9. The Morgan fingerprint density at radius 3 is 2.60 bits per heavy atom. The lowest BCUT2D eigenvalue weighted by molar-refractivity contribution is 0.517. The molecule has 114 valence electrons. The summed E-state index contributed by atoms with van der Waals surface area (Å²) in [5, 5.41) is 0. The number of pyridine rings is 1. The predicted octanol–water partition coefficient (Wildman–Crippen LogP) is 2.55. The molecular formula is C14H25N3O2S. The van der Waals surface area contributed by atoms with Crippen LogP contribution in [-0.4, -0.2) is 19.9 Å². The molecule has 0 radical (unpaired) electrons. The van der Waals surface area contributed by atoms with Gasteiger partial charge in [0.1, 0.15) is 5.82 Å². The first-order chi connectivity index (χ1) is 9.42. The van der Waals surface area contributed by atoms with Crippen molar-refractivity contribution in [3.8, 4) is 0 Å². The Morgan fingerprint density at radius 2 is 1.95 bits per heavy atom. The first-order valence-electron chi connectivity index (χ1n) is 7.13. The summed E-state index contributed by atoms with van der Waals surface area (Å²) < 4.78 is 26.5. The second-order valence-electron chi connectivity index (χ2n) is 5.41. The number of sulfonamides is 1. The molecule has 0 fully saturated rings. The van der Waals surface area contributed by atoms with Crippen LogP contribution in [0.25, 0.3) is 0 Å². The van der Waals surface area contributed by atoms with E-state index < -0.39 is 10.0 Å². The van der Waals surface area contributed by atoms with Crippen molar-refractivity contribution in [2.45, 2.75) is 50.8 Å². The molecule has 0 unspecified atom stereocenters. The molecule has 0 aliphatic rings. The van der Waals surface area contributed by atoms with E-state index in [4.69, 9.17) is 5.73 Å². The van der Waals surface area contributed by atoms with E-state index in [1.54, 1.807) is 0 Å². The number of anilines is 1. The van der Waals surface area contributed by atoms with Gasteiger partial charge in [-0.3, -0.25) is 0 Å². The molecule has 5 nitrogen and oxygen atoms in total. The average Bonchev–Trinajstić information content (AvgIpc) is 2.37. The van der Waals surface area contributed by atoms with E-state index in [0.717, 1.165) is 25.2 Å². The molecular weight excluding hydrogens is 274 g/mol. The summed E-state index contributed by atoms with van der Waals surface area (Å²) in [6, 6.07) is 2.81. The van der Waals surface area contributed by atoms with E-state index in [0.29, 0.717) is 6.54 Å². The van der Waals surface area contributed by atoms with E-state index in [-0.39, 0.29) is 10.7 Å². The molecule has 0 bridgehead atoms. The third-order valence-electron chi connectivity index (χ3n) is 3.06. The standard InChI is InChI=1S/C14H25N3O2S/c1-12(2)7-5-3-4-6-9-17-20(18,19)13-8-10-16-14(15)11-13/h8,10-12,17H,3-7,9H2,1-2H3,(H2,15,16). The molecule has 1 rings (SSSR count). The molecule has 1 aromatic heterocycles. The summed E-state index contributed by atoms with van der Waals surface area (Å²) in [6.07, 6.45) is 6.91. The van der Waals surface area contributed by atoms with Gasteiger partial charge in [-0.15, -0.1) is 0 Å². The van der Waals surface area contributed by atoms with Gasteiger partial charge < -0.3 is 5.73 Å². The largest absolute Gasteiger partial charge is 0.384 e. The fourth-order valence-electron chi connectivity index (χ4n) is 1.92. The fraction of sp³-hybridized carbons (Fsp3) is 0.643. The number of nitrogens with two attached hydrogens (primary N) is 1. The van der Waals surface area contributed by atoms with Crippen LogP contribution in [-0.2, 0) is 10.0 Å². The van der Waals surface area contributed by atoms with Gasteiger partial charge in [-0.1, -0.05) is 39.5 Å². The Hall–Kier alpha value is -1.14. The van der Waals surface area contributed by atoms with Crippen LogP contribution in [0.3, 0.4) is 0 Å². The first kappa shape index (κ1) is 16.9. The zero-order valence-electron chi connectivity index (χ0n) is 12.3. The smallest absolute Gasteiger partial charge is 0.240 e. The van der Waals surface area contributed by atoms with Gasteiger partial charge in [-0.05, 0) is 18.4 Å². The van der Waals surface area contributed by atoms with Crippen LogP contribution in [0.2, 0.25) is 0 Å². The van der Waals surface area contributed by atoms with Gasteiger partial charge in [-0.25, -0.2) is 18.1 Å². The lowest BCUT2D eigenvalue weighted by atomic mass is 10.0. The highest BCUT2D eigenvalue weighted by Crippen LogP contribution is 2.11. The van der Waals surface area contributed by atoms with Crippen molar-refractivity contribution in [1.82, 2.24) is 9.71 Å². The van der Waals surface area contributed by atoms with Gasteiger partial charge >= 0.3 is 0 Å². The van der Waals surface area contributed by atoms with Gasteiger partial charge in [0.25, 0.3) is 0 Å². The number of nitrogens with zero attached hydrogens (tertiary/aromatic N) is 1. The van der Waals surface area contributed by atoms with Gasteiger partial charge in [0.2, 0.25) is 10.0 Å². The van der Waals surface area contributed by atoms with Crippen molar-refractivity contribution < 1.29 is 8.42 Å². The number of hydrogen-bond acceptors (Lipinski definition) is 4. The van der Waals surface area contributed by atoms with Crippen LogP contribution in [0.4, 0.5) is 5.82 Å². The topological polar surface area (TPSA) is 85.1 Å². The van der Waals surface area contributed by atoms with Crippen LogP contribution in [0.1, 0.15) is 46.0 Å². The van der Waals surface area contributed by atoms with Crippen molar-refractivity contribution in [2.75, 3.05) is 12.3 Å². The van der Waals surface area contributed by atoms with Gasteiger partial charge in [0.05, 0.1) is 4.90 Å². The van der Waals surface area contributed by atoms with Crippen LogP contribution >= 0.6 is 0 Å². The predicted molar refractivity (Wildman–Crippen MR) is 81.8 cm³/mol. The number of unbranched alkanes of at least 4 members (excludes halogenated alkanes) is 3. The van der Waals surface area contributed by atoms with E-state index in [1.165, 1.54) is 31.2 Å². The minimum absolute atomic E-state index is 0.171. The molecule has 3 N–H and O–H groups in total. The molecule has 0 atom stereocenters. The summed E-state index contributed by atoms with van der Waals surface area (Å²) in [5.74, 6) is 0.951. The lowest BCUT2D eigenvalue weighted by Crippen LogP contribution is -2.25. The van der Waals surface area contributed by atoms with Crippen molar-refractivity contribution in [1.29, 1.82) is 0 Å². The molecule has 0 amide bonds. The highest BCUT2D eigenvalue weighted by molar-refractivity contribution is 7.89. The second-order valence-corrected chi connectivity index (χ2v) is 7.18. The molecule has 6 heteroatoms. The number of rotatable bonds is 9. The fourth-order valence-corrected chi connectivity index (χ4v) is 3.01. The minimum atomic E-state index is -3.46. The first-order valence-corrected chi connectivity index (χ1v) is 8.61. The van der Waals surface area contributed by atoms with Crippen LogP contribution in [0.5, 0.6) is 0 Å². The monoisotopic (exact) mass is 299 g/mol. The molecule has 0 saturated heterocycles. The molecule has 0 spiro atoms.